The van der Waals surface area contributed by atoms with Crippen molar-refractivity contribution in [3.05, 3.63) is 82.3 Å². The molecule has 0 atom stereocenters. The Balaban J connectivity index is 1.78. The first-order chi connectivity index (χ1) is 11.1. The van der Waals surface area contributed by atoms with Crippen molar-refractivity contribution in [2.24, 2.45) is 0 Å². The molecular weight excluding hydrogens is 329 g/mol. The van der Waals surface area contributed by atoms with Gasteiger partial charge in [-0.05, 0) is 35.2 Å². The number of halogens is 2. The minimum absolute atomic E-state index is 0.201. The summed E-state index contributed by atoms with van der Waals surface area (Å²) in [5, 5.41) is 5.94. The van der Waals surface area contributed by atoms with E-state index in [-0.39, 0.29) is 5.91 Å². The second-order valence-corrected chi connectivity index (χ2v) is 5.84. The predicted octanol–water partition coefficient (Wildman–Crippen LogP) is 5.80. The molecule has 0 heterocycles. The van der Waals surface area contributed by atoms with E-state index in [1.807, 2.05) is 42.5 Å². The second kappa shape index (κ2) is 6.86. The van der Waals surface area contributed by atoms with Crippen molar-refractivity contribution in [2.45, 2.75) is 0 Å². The molecule has 0 aliphatic rings. The number of carbonyl (C=O) groups excluding carboxylic acids is 1. The topological polar surface area (TPSA) is 29.1 Å². The molecule has 23 heavy (non-hydrogen) atoms. The van der Waals surface area contributed by atoms with E-state index in [9.17, 15) is 4.79 Å². The lowest BCUT2D eigenvalue weighted by molar-refractivity contribution is -0.111. The van der Waals surface area contributed by atoms with Crippen LogP contribution in [0.2, 0.25) is 10.0 Å². The number of hydrogen-bond acceptors (Lipinski definition) is 1. The molecule has 4 heteroatoms. The normalized spacial score (nSPS) is 11.0. The minimum atomic E-state index is -0.201. The number of rotatable bonds is 3. The fourth-order valence-electron chi connectivity index (χ4n) is 2.30. The van der Waals surface area contributed by atoms with Crippen molar-refractivity contribution in [3.8, 4) is 0 Å². The van der Waals surface area contributed by atoms with Crippen LogP contribution < -0.4 is 5.32 Å². The van der Waals surface area contributed by atoms with E-state index >= 15 is 0 Å². The van der Waals surface area contributed by atoms with E-state index < -0.39 is 0 Å². The first-order valence-corrected chi connectivity index (χ1v) is 7.81. The van der Waals surface area contributed by atoms with E-state index in [0.29, 0.717) is 10.0 Å². The van der Waals surface area contributed by atoms with Gasteiger partial charge < -0.3 is 5.32 Å². The number of nitrogens with one attached hydrogen (secondary N) is 1. The summed E-state index contributed by atoms with van der Waals surface area (Å²) in [5.74, 6) is -0.201. The lowest BCUT2D eigenvalue weighted by atomic mass is 10.1. The molecular formula is C19H13Cl2NO. The summed E-state index contributed by atoms with van der Waals surface area (Å²) in [7, 11) is 0. The highest BCUT2D eigenvalue weighted by molar-refractivity contribution is 6.42. The van der Waals surface area contributed by atoms with Gasteiger partial charge in [0.05, 0.1) is 10.0 Å². The average Bonchev–Trinajstić information content (AvgIpc) is 2.56. The summed E-state index contributed by atoms with van der Waals surface area (Å²) in [4.78, 5) is 12.1. The number of benzene rings is 3. The van der Waals surface area contributed by atoms with Crippen LogP contribution in [-0.2, 0) is 4.79 Å². The van der Waals surface area contributed by atoms with Crippen LogP contribution in [0.5, 0.6) is 0 Å². The standard InChI is InChI=1S/C19H13Cl2NO/c20-16-10-8-13(12-17(16)21)9-11-19(23)22-18-7-3-5-14-4-1-2-6-15(14)18/h1-12H,(H,22,23). The molecule has 2 nitrogen and oxygen atoms in total. The van der Waals surface area contributed by atoms with E-state index in [0.717, 1.165) is 22.0 Å². The van der Waals surface area contributed by atoms with Gasteiger partial charge in [0.2, 0.25) is 5.91 Å². The maximum Gasteiger partial charge on any atom is 0.248 e. The van der Waals surface area contributed by atoms with Gasteiger partial charge in [-0.15, -0.1) is 0 Å². The smallest absolute Gasteiger partial charge is 0.248 e. The second-order valence-electron chi connectivity index (χ2n) is 5.02. The van der Waals surface area contributed by atoms with Crippen LogP contribution in [0.1, 0.15) is 5.56 Å². The molecule has 0 aliphatic carbocycles. The molecule has 3 aromatic rings. The SMILES string of the molecule is O=C(C=Cc1ccc(Cl)c(Cl)c1)Nc1cccc2ccccc12. The number of fused-ring (bicyclic) bond motifs is 1. The summed E-state index contributed by atoms with van der Waals surface area (Å²) in [6, 6.07) is 18.9. The first-order valence-electron chi connectivity index (χ1n) is 7.05. The molecule has 0 spiro atoms. The van der Waals surface area contributed by atoms with E-state index in [4.69, 9.17) is 23.2 Å². The van der Waals surface area contributed by atoms with Gasteiger partial charge in [0, 0.05) is 17.1 Å². The molecule has 3 aromatic carbocycles. The summed E-state index contributed by atoms with van der Waals surface area (Å²) >= 11 is 11.8. The molecule has 0 aliphatic heterocycles. The third-order valence-corrected chi connectivity index (χ3v) is 4.16. The number of anilines is 1. The largest absolute Gasteiger partial charge is 0.322 e. The molecule has 0 saturated heterocycles. The average molecular weight is 342 g/mol. The zero-order chi connectivity index (χ0) is 16.2. The van der Waals surface area contributed by atoms with Crippen LogP contribution in [0.4, 0.5) is 5.69 Å². The summed E-state index contributed by atoms with van der Waals surface area (Å²) < 4.78 is 0. The molecule has 1 N–H and O–H groups in total. The molecule has 0 saturated carbocycles. The fraction of sp³-hybridized carbons (Fsp3) is 0. The van der Waals surface area contributed by atoms with Crippen LogP contribution in [0.15, 0.2) is 66.7 Å². The molecule has 0 aromatic heterocycles. The van der Waals surface area contributed by atoms with Crippen LogP contribution in [0, 0.1) is 0 Å². The van der Waals surface area contributed by atoms with Crippen molar-refractivity contribution in [1.82, 2.24) is 0 Å². The molecule has 1 amide bonds. The predicted molar refractivity (Wildman–Crippen MR) is 98.1 cm³/mol. The van der Waals surface area contributed by atoms with E-state index in [1.54, 1.807) is 24.3 Å². The highest BCUT2D eigenvalue weighted by Crippen LogP contribution is 2.24. The maximum atomic E-state index is 12.1. The van der Waals surface area contributed by atoms with Crippen molar-refractivity contribution >= 4 is 51.6 Å². The summed E-state index contributed by atoms with van der Waals surface area (Å²) in [6.07, 6.45) is 3.17. The van der Waals surface area contributed by atoms with Crippen LogP contribution in [0.3, 0.4) is 0 Å². The Morgan fingerprint density at radius 2 is 1.70 bits per heavy atom. The molecule has 0 unspecified atom stereocenters. The first kappa shape index (κ1) is 15.6. The Bertz CT molecular complexity index is 898. The van der Waals surface area contributed by atoms with Crippen molar-refractivity contribution < 1.29 is 4.79 Å². The Morgan fingerprint density at radius 1 is 0.913 bits per heavy atom. The lowest BCUT2D eigenvalue weighted by Gasteiger charge is -2.06. The van der Waals surface area contributed by atoms with E-state index in [2.05, 4.69) is 5.32 Å². The van der Waals surface area contributed by atoms with Gasteiger partial charge >= 0.3 is 0 Å². The van der Waals surface area contributed by atoms with Gasteiger partial charge in [0.1, 0.15) is 0 Å². The number of hydrogen-bond donors (Lipinski definition) is 1. The zero-order valence-electron chi connectivity index (χ0n) is 12.1. The van der Waals surface area contributed by atoms with Gasteiger partial charge in [-0.1, -0.05) is 65.7 Å². The fourth-order valence-corrected chi connectivity index (χ4v) is 2.60. The molecule has 3 rings (SSSR count). The van der Waals surface area contributed by atoms with Crippen molar-refractivity contribution in [3.63, 3.8) is 0 Å². The molecule has 0 fully saturated rings. The van der Waals surface area contributed by atoms with Crippen LogP contribution in [-0.4, -0.2) is 5.91 Å². The highest BCUT2D eigenvalue weighted by atomic mass is 35.5. The number of amides is 1. The Morgan fingerprint density at radius 3 is 2.52 bits per heavy atom. The lowest BCUT2D eigenvalue weighted by Crippen LogP contribution is -2.07. The van der Waals surface area contributed by atoms with Gasteiger partial charge in [0.15, 0.2) is 0 Å². The molecule has 0 radical (unpaired) electrons. The van der Waals surface area contributed by atoms with Crippen LogP contribution >= 0.6 is 23.2 Å². The quantitative estimate of drug-likeness (QED) is 0.599. The minimum Gasteiger partial charge on any atom is -0.322 e. The third kappa shape index (κ3) is 3.73. The van der Waals surface area contributed by atoms with E-state index in [1.165, 1.54) is 6.08 Å². The number of carbonyl (C=O) groups is 1. The van der Waals surface area contributed by atoms with Crippen molar-refractivity contribution in [1.29, 1.82) is 0 Å². The Kier molecular flexibility index (Phi) is 4.65. The summed E-state index contributed by atoms with van der Waals surface area (Å²) in [5.41, 5.74) is 1.60. The molecule has 114 valence electrons. The third-order valence-electron chi connectivity index (χ3n) is 3.42. The monoisotopic (exact) mass is 341 g/mol. The highest BCUT2D eigenvalue weighted by Gasteiger charge is 2.03. The van der Waals surface area contributed by atoms with Gasteiger partial charge in [-0.25, -0.2) is 0 Å². The maximum absolute atomic E-state index is 12.1. The van der Waals surface area contributed by atoms with Crippen molar-refractivity contribution in [2.75, 3.05) is 5.32 Å². The summed E-state index contributed by atoms with van der Waals surface area (Å²) in [6.45, 7) is 0. The van der Waals surface area contributed by atoms with Gasteiger partial charge in [-0.2, -0.15) is 0 Å². The van der Waals surface area contributed by atoms with Crippen LogP contribution in [0.25, 0.3) is 16.8 Å². The van der Waals surface area contributed by atoms with Gasteiger partial charge in [0.25, 0.3) is 0 Å². The Labute approximate surface area is 144 Å². The van der Waals surface area contributed by atoms with Gasteiger partial charge in [-0.3, -0.25) is 4.79 Å². The zero-order valence-corrected chi connectivity index (χ0v) is 13.6. The molecule has 0 bridgehead atoms. The Hall–Kier alpha value is -2.29.